The lowest BCUT2D eigenvalue weighted by Gasteiger charge is -2.12. The first-order chi connectivity index (χ1) is 21.8. The molecule has 5 heterocycles. The summed E-state index contributed by atoms with van der Waals surface area (Å²) >= 11 is 0. The SMILES string of the molecule is N/C(=C\C=C/Cn1c2ccccc2c2ccncc21)c1ccccc1-c1cccc(-n2c3ccccc3c3ccncc32)n1. The van der Waals surface area contributed by atoms with Gasteiger partial charge >= 0.3 is 0 Å². The molecule has 0 aliphatic heterocycles. The van der Waals surface area contributed by atoms with Crippen molar-refractivity contribution in [2.45, 2.75) is 6.54 Å². The zero-order chi connectivity index (χ0) is 29.5. The third-order valence-electron chi connectivity index (χ3n) is 8.23. The van der Waals surface area contributed by atoms with Gasteiger partial charge in [0, 0.05) is 62.8 Å². The van der Waals surface area contributed by atoms with Gasteiger partial charge in [0.05, 0.1) is 34.6 Å². The first-order valence-electron chi connectivity index (χ1n) is 14.6. The molecule has 0 radical (unpaired) electrons. The quantitative estimate of drug-likeness (QED) is 0.205. The second-order valence-electron chi connectivity index (χ2n) is 10.7. The van der Waals surface area contributed by atoms with Gasteiger partial charge in [0.1, 0.15) is 5.82 Å². The molecule has 3 aromatic carbocycles. The summed E-state index contributed by atoms with van der Waals surface area (Å²) in [4.78, 5) is 13.9. The topological polar surface area (TPSA) is 74.6 Å². The highest BCUT2D eigenvalue weighted by Gasteiger charge is 2.15. The molecule has 2 N–H and O–H groups in total. The first-order valence-corrected chi connectivity index (χ1v) is 14.6. The molecule has 0 spiro atoms. The van der Waals surface area contributed by atoms with Gasteiger partial charge in [-0.2, -0.15) is 0 Å². The van der Waals surface area contributed by atoms with E-state index in [2.05, 4.69) is 91.9 Å². The minimum Gasteiger partial charge on any atom is -0.398 e. The van der Waals surface area contributed by atoms with Crippen LogP contribution in [0.3, 0.4) is 0 Å². The van der Waals surface area contributed by atoms with Crippen LogP contribution >= 0.6 is 0 Å². The Labute approximate surface area is 254 Å². The van der Waals surface area contributed by atoms with Gasteiger partial charge in [0.15, 0.2) is 0 Å². The van der Waals surface area contributed by atoms with Gasteiger partial charge in [-0.3, -0.25) is 14.5 Å². The highest BCUT2D eigenvalue weighted by atomic mass is 15.1. The van der Waals surface area contributed by atoms with Gasteiger partial charge in [-0.15, -0.1) is 0 Å². The summed E-state index contributed by atoms with van der Waals surface area (Å²) in [6.45, 7) is 0.707. The van der Waals surface area contributed by atoms with E-state index in [9.17, 15) is 0 Å². The molecule has 5 aromatic heterocycles. The van der Waals surface area contributed by atoms with E-state index in [1.54, 1.807) is 0 Å². The lowest BCUT2D eigenvalue weighted by atomic mass is 10.0. The highest BCUT2D eigenvalue weighted by Crippen LogP contribution is 2.33. The normalized spacial score (nSPS) is 12.3. The van der Waals surface area contributed by atoms with Gasteiger partial charge in [0.25, 0.3) is 0 Å². The number of para-hydroxylation sites is 2. The number of nitrogens with zero attached hydrogens (tertiary/aromatic N) is 5. The number of pyridine rings is 3. The van der Waals surface area contributed by atoms with E-state index >= 15 is 0 Å². The molecule has 0 aliphatic rings. The van der Waals surface area contributed by atoms with Crippen LogP contribution in [0, 0.1) is 0 Å². The average molecular weight is 569 g/mol. The molecule has 0 atom stereocenters. The summed E-state index contributed by atoms with van der Waals surface area (Å²) in [5.74, 6) is 0.833. The Morgan fingerprint density at radius 1 is 0.636 bits per heavy atom. The molecule has 0 fully saturated rings. The van der Waals surface area contributed by atoms with Crippen LogP contribution in [0.1, 0.15) is 5.56 Å². The van der Waals surface area contributed by atoms with E-state index in [1.807, 2.05) is 73.3 Å². The van der Waals surface area contributed by atoms with Crippen LogP contribution < -0.4 is 5.73 Å². The molecule has 8 rings (SSSR count). The molecule has 0 bridgehead atoms. The number of rotatable bonds is 6. The number of nitrogens with two attached hydrogens (primary N) is 1. The predicted octanol–water partition coefficient (Wildman–Crippen LogP) is 8.30. The number of hydrogen-bond donors (Lipinski definition) is 1. The van der Waals surface area contributed by atoms with Gasteiger partial charge < -0.3 is 10.3 Å². The molecule has 210 valence electrons. The van der Waals surface area contributed by atoms with E-state index in [4.69, 9.17) is 10.7 Å². The van der Waals surface area contributed by atoms with Crippen LogP contribution in [-0.4, -0.2) is 24.1 Å². The fourth-order valence-corrected chi connectivity index (χ4v) is 6.24. The summed E-state index contributed by atoms with van der Waals surface area (Å²) in [6, 6.07) is 35.3. The summed E-state index contributed by atoms with van der Waals surface area (Å²) in [6.07, 6.45) is 13.6. The molecule has 44 heavy (non-hydrogen) atoms. The first kappa shape index (κ1) is 25.7. The van der Waals surface area contributed by atoms with Crippen LogP contribution in [0.25, 0.3) is 66.4 Å². The van der Waals surface area contributed by atoms with Crippen molar-refractivity contribution in [3.05, 3.63) is 152 Å². The van der Waals surface area contributed by atoms with Gasteiger partial charge in [-0.1, -0.05) is 78.9 Å². The molecular weight excluding hydrogens is 540 g/mol. The van der Waals surface area contributed by atoms with Crippen molar-refractivity contribution in [1.82, 2.24) is 24.1 Å². The molecule has 0 saturated heterocycles. The predicted molar refractivity (Wildman–Crippen MR) is 180 cm³/mol. The maximum Gasteiger partial charge on any atom is 0.138 e. The van der Waals surface area contributed by atoms with Crippen LogP contribution in [0.2, 0.25) is 0 Å². The third kappa shape index (κ3) is 4.24. The second-order valence-corrected chi connectivity index (χ2v) is 10.7. The van der Waals surface area contributed by atoms with E-state index in [0.717, 1.165) is 44.6 Å². The Kier molecular flexibility index (Phi) is 6.23. The molecule has 0 amide bonds. The van der Waals surface area contributed by atoms with Crippen molar-refractivity contribution in [1.29, 1.82) is 0 Å². The zero-order valence-corrected chi connectivity index (χ0v) is 23.9. The van der Waals surface area contributed by atoms with Crippen molar-refractivity contribution in [2.75, 3.05) is 0 Å². The number of allylic oxidation sites excluding steroid dienone is 3. The van der Waals surface area contributed by atoms with E-state index in [-0.39, 0.29) is 0 Å². The minimum absolute atomic E-state index is 0.675. The van der Waals surface area contributed by atoms with Crippen molar-refractivity contribution >= 4 is 49.3 Å². The van der Waals surface area contributed by atoms with E-state index < -0.39 is 0 Å². The Hall–Kier alpha value is -6.01. The number of aromatic nitrogens is 5. The number of benzene rings is 3. The van der Waals surface area contributed by atoms with Gasteiger partial charge in [-0.05, 0) is 42.5 Å². The average Bonchev–Trinajstić information content (AvgIpc) is 3.59. The molecular formula is C38H28N6. The molecule has 6 nitrogen and oxygen atoms in total. The van der Waals surface area contributed by atoms with Crippen LogP contribution in [0.4, 0.5) is 0 Å². The number of hydrogen-bond acceptors (Lipinski definition) is 4. The van der Waals surface area contributed by atoms with Gasteiger partial charge in [0.2, 0.25) is 0 Å². The lowest BCUT2D eigenvalue weighted by Crippen LogP contribution is -2.02. The van der Waals surface area contributed by atoms with E-state index in [1.165, 1.54) is 21.7 Å². The maximum atomic E-state index is 6.71. The smallest absolute Gasteiger partial charge is 0.138 e. The minimum atomic E-state index is 0.675. The van der Waals surface area contributed by atoms with Crippen LogP contribution in [0.15, 0.2) is 146 Å². The fourth-order valence-electron chi connectivity index (χ4n) is 6.24. The van der Waals surface area contributed by atoms with Crippen molar-refractivity contribution in [2.24, 2.45) is 5.73 Å². The molecule has 0 aliphatic carbocycles. The third-order valence-corrected chi connectivity index (χ3v) is 8.23. The molecule has 0 unspecified atom stereocenters. The largest absolute Gasteiger partial charge is 0.398 e. The summed E-state index contributed by atoms with van der Waals surface area (Å²) < 4.78 is 4.46. The summed E-state index contributed by atoms with van der Waals surface area (Å²) in [7, 11) is 0. The highest BCUT2D eigenvalue weighted by molar-refractivity contribution is 6.09. The maximum absolute atomic E-state index is 6.71. The number of fused-ring (bicyclic) bond motifs is 6. The van der Waals surface area contributed by atoms with Gasteiger partial charge in [-0.25, -0.2) is 4.98 Å². The Morgan fingerprint density at radius 2 is 1.30 bits per heavy atom. The van der Waals surface area contributed by atoms with E-state index in [0.29, 0.717) is 12.2 Å². The summed E-state index contributed by atoms with van der Waals surface area (Å²) in [5.41, 5.74) is 14.6. The van der Waals surface area contributed by atoms with Crippen molar-refractivity contribution in [3.63, 3.8) is 0 Å². The monoisotopic (exact) mass is 568 g/mol. The Bertz CT molecular complexity index is 2280. The van der Waals surface area contributed by atoms with Crippen molar-refractivity contribution in [3.8, 4) is 17.1 Å². The molecule has 0 saturated carbocycles. The standard InChI is InChI=1S/C38H28N6/c39-32(14-7-8-23-43-34-16-5-3-12-28(34)30-19-21-40-24-36(30)43)26-10-1-2-11-27(26)33-15-9-18-38(42-33)44-35-17-6-4-13-29(35)31-20-22-41-25-37(31)44/h1-22,24-25H,23,39H2/b8-7-,32-14-. The summed E-state index contributed by atoms with van der Waals surface area (Å²) in [5, 5.41) is 4.77. The Morgan fingerprint density at radius 3 is 2.14 bits per heavy atom. The second kappa shape index (κ2) is 10.7. The lowest BCUT2D eigenvalue weighted by molar-refractivity contribution is 0.896. The Balaban J connectivity index is 1.14. The zero-order valence-electron chi connectivity index (χ0n) is 23.9. The fraction of sp³-hybridized carbons (Fsp3) is 0.0263. The molecule has 8 aromatic rings. The van der Waals surface area contributed by atoms with Crippen LogP contribution in [-0.2, 0) is 6.54 Å². The van der Waals surface area contributed by atoms with Crippen LogP contribution in [0.5, 0.6) is 0 Å². The van der Waals surface area contributed by atoms with Crippen molar-refractivity contribution < 1.29 is 0 Å². The molecule has 6 heteroatoms.